The Morgan fingerprint density at radius 3 is 2.48 bits per heavy atom. The van der Waals surface area contributed by atoms with Gasteiger partial charge in [0.25, 0.3) is 5.91 Å². The zero-order valence-corrected chi connectivity index (χ0v) is 15.4. The van der Waals surface area contributed by atoms with E-state index in [0.29, 0.717) is 17.8 Å². The van der Waals surface area contributed by atoms with Crippen molar-refractivity contribution in [2.45, 2.75) is 32.4 Å². The minimum atomic E-state index is -0.137. The van der Waals surface area contributed by atoms with Crippen molar-refractivity contribution in [3.63, 3.8) is 0 Å². The standard InChI is InChI=1S/C21H25N3O3/c1-15(25)22-19-7-8-20(26)17(13-19)14-24-11-9-18(10-12-24)23-21(27)16-5-3-2-4-6-16/h2-8,13,18,26H,9-12,14H2,1H3,(H,22,25)(H,23,27). The molecule has 6 heteroatoms. The highest BCUT2D eigenvalue weighted by Crippen LogP contribution is 2.24. The van der Waals surface area contributed by atoms with E-state index in [9.17, 15) is 14.7 Å². The van der Waals surface area contributed by atoms with Crippen LogP contribution in [0.2, 0.25) is 0 Å². The molecule has 1 fully saturated rings. The quantitative estimate of drug-likeness (QED) is 0.710. The number of aromatic hydroxyl groups is 1. The number of phenolic OH excluding ortho intramolecular Hbond substituents is 1. The number of nitrogens with one attached hydrogen (secondary N) is 2. The first-order chi connectivity index (χ1) is 13.0. The van der Waals surface area contributed by atoms with Gasteiger partial charge in [-0.1, -0.05) is 18.2 Å². The number of hydrogen-bond acceptors (Lipinski definition) is 4. The summed E-state index contributed by atoms with van der Waals surface area (Å²) in [6.45, 7) is 3.74. The van der Waals surface area contributed by atoms with Gasteiger partial charge in [0.1, 0.15) is 5.75 Å². The summed E-state index contributed by atoms with van der Waals surface area (Å²) in [5.41, 5.74) is 2.15. The smallest absolute Gasteiger partial charge is 0.251 e. The number of carbonyl (C=O) groups is 2. The van der Waals surface area contributed by atoms with Crippen molar-refractivity contribution >= 4 is 17.5 Å². The summed E-state index contributed by atoms with van der Waals surface area (Å²) in [6, 6.07) is 14.5. The maximum atomic E-state index is 12.3. The Hall–Kier alpha value is -2.86. The Kier molecular flexibility index (Phi) is 6.08. The Balaban J connectivity index is 1.52. The van der Waals surface area contributed by atoms with Gasteiger partial charge in [-0.25, -0.2) is 0 Å². The van der Waals surface area contributed by atoms with Crippen LogP contribution in [0, 0.1) is 0 Å². The van der Waals surface area contributed by atoms with Gasteiger partial charge in [-0.3, -0.25) is 14.5 Å². The Bertz CT molecular complexity index is 800. The molecule has 3 rings (SSSR count). The van der Waals surface area contributed by atoms with Gasteiger partial charge in [0.15, 0.2) is 0 Å². The normalized spacial score (nSPS) is 15.3. The number of amides is 2. The number of anilines is 1. The largest absolute Gasteiger partial charge is 0.508 e. The molecule has 0 spiro atoms. The van der Waals surface area contributed by atoms with E-state index in [1.165, 1.54) is 6.92 Å². The van der Waals surface area contributed by atoms with Crippen LogP contribution < -0.4 is 10.6 Å². The van der Waals surface area contributed by atoms with Crippen molar-refractivity contribution in [1.29, 1.82) is 0 Å². The average Bonchev–Trinajstić information content (AvgIpc) is 2.66. The first kappa shape index (κ1) is 18.9. The molecule has 1 saturated heterocycles. The van der Waals surface area contributed by atoms with Crippen LogP contribution in [0.25, 0.3) is 0 Å². The summed E-state index contributed by atoms with van der Waals surface area (Å²) < 4.78 is 0. The lowest BCUT2D eigenvalue weighted by Crippen LogP contribution is -2.44. The third-order valence-electron chi connectivity index (χ3n) is 4.75. The van der Waals surface area contributed by atoms with E-state index in [1.807, 2.05) is 30.3 Å². The van der Waals surface area contributed by atoms with Gasteiger partial charge in [-0.2, -0.15) is 0 Å². The molecule has 0 saturated carbocycles. The van der Waals surface area contributed by atoms with Gasteiger partial charge in [0.2, 0.25) is 5.91 Å². The molecule has 3 N–H and O–H groups in total. The van der Waals surface area contributed by atoms with Crippen LogP contribution >= 0.6 is 0 Å². The van der Waals surface area contributed by atoms with Gasteiger partial charge < -0.3 is 15.7 Å². The van der Waals surface area contributed by atoms with Crippen molar-refractivity contribution in [3.05, 3.63) is 59.7 Å². The first-order valence-electron chi connectivity index (χ1n) is 9.19. The Morgan fingerprint density at radius 2 is 1.81 bits per heavy atom. The van der Waals surface area contributed by atoms with Gasteiger partial charge in [0, 0.05) is 49.4 Å². The van der Waals surface area contributed by atoms with Crippen molar-refractivity contribution < 1.29 is 14.7 Å². The highest BCUT2D eigenvalue weighted by Gasteiger charge is 2.22. The molecule has 0 atom stereocenters. The van der Waals surface area contributed by atoms with Gasteiger partial charge in [-0.05, 0) is 43.2 Å². The fraction of sp³-hybridized carbons (Fsp3) is 0.333. The maximum absolute atomic E-state index is 12.3. The van der Waals surface area contributed by atoms with Crippen molar-refractivity contribution in [1.82, 2.24) is 10.2 Å². The van der Waals surface area contributed by atoms with E-state index in [1.54, 1.807) is 18.2 Å². The molecule has 0 aliphatic carbocycles. The second kappa shape index (κ2) is 8.68. The van der Waals surface area contributed by atoms with Crippen LogP contribution in [0.15, 0.2) is 48.5 Å². The molecule has 0 unspecified atom stereocenters. The van der Waals surface area contributed by atoms with Crippen molar-refractivity contribution in [2.24, 2.45) is 0 Å². The highest BCUT2D eigenvalue weighted by atomic mass is 16.3. The lowest BCUT2D eigenvalue weighted by Gasteiger charge is -2.32. The molecule has 142 valence electrons. The lowest BCUT2D eigenvalue weighted by atomic mass is 10.0. The zero-order chi connectivity index (χ0) is 19.2. The summed E-state index contributed by atoms with van der Waals surface area (Å²) >= 11 is 0. The van der Waals surface area contributed by atoms with Crippen molar-refractivity contribution in [2.75, 3.05) is 18.4 Å². The first-order valence-corrected chi connectivity index (χ1v) is 9.19. The number of rotatable bonds is 5. The van der Waals surface area contributed by atoms with Crippen molar-refractivity contribution in [3.8, 4) is 5.75 Å². The predicted molar refractivity (Wildman–Crippen MR) is 105 cm³/mol. The van der Waals surface area contributed by atoms with Gasteiger partial charge >= 0.3 is 0 Å². The number of carbonyl (C=O) groups excluding carboxylic acids is 2. The van der Waals surface area contributed by atoms with E-state index in [-0.39, 0.29) is 23.6 Å². The van der Waals surface area contributed by atoms with E-state index < -0.39 is 0 Å². The molecule has 1 aliphatic heterocycles. The topological polar surface area (TPSA) is 81.7 Å². The number of nitrogens with zero attached hydrogens (tertiary/aromatic N) is 1. The third-order valence-corrected chi connectivity index (χ3v) is 4.75. The third kappa shape index (κ3) is 5.31. The van der Waals surface area contributed by atoms with Crippen LogP contribution in [0.5, 0.6) is 5.75 Å². The predicted octanol–water partition coefficient (Wildman–Crippen LogP) is 2.75. The molecule has 27 heavy (non-hydrogen) atoms. The molecular weight excluding hydrogens is 342 g/mol. The summed E-state index contributed by atoms with van der Waals surface area (Å²) in [5, 5.41) is 15.9. The van der Waals surface area contributed by atoms with E-state index in [2.05, 4.69) is 15.5 Å². The molecular formula is C21H25N3O3. The van der Waals surface area contributed by atoms with Crippen LogP contribution in [-0.2, 0) is 11.3 Å². The summed E-state index contributed by atoms with van der Waals surface area (Å²) in [4.78, 5) is 25.7. The second-order valence-corrected chi connectivity index (χ2v) is 6.91. The summed E-state index contributed by atoms with van der Waals surface area (Å²) in [6.07, 6.45) is 1.73. The molecule has 0 aromatic heterocycles. The molecule has 2 amide bonds. The monoisotopic (exact) mass is 367 g/mol. The molecule has 2 aromatic carbocycles. The summed E-state index contributed by atoms with van der Waals surface area (Å²) in [7, 11) is 0. The molecule has 2 aromatic rings. The van der Waals surface area contributed by atoms with E-state index >= 15 is 0 Å². The minimum Gasteiger partial charge on any atom is -0.508 e. The molecule has 6 nitrogen and oxygen atoms in total. The maximum Gasteiger partial charge on any atom is 0.251 e. The van der Waals surface area contributed by atoms with Crippen LogP contribution in [0.3, 0.4) is 0 Å². The number of benzene rings is 2. The number of phenols is 1. The van der Waals surface area contributed by atoms with Crippen LogP contribution in [0.1, 0.15) is 35.7 Å². The molecule has 0 bridgehead atoms. The summed E-state index contributed by atoms with van der Waals surface area (Å²) in [5.74, 6) is 0.0555. The molecule has 0 radical (unpaired) electrons. The minimum absolute atomic E-state index is 0.0327. The molecule has 1 aliphatic rings. The fourth-order valence-electron chi connectivity index (χ4n) is 3.33. The Labute approximate surface area is 159 Å². The number of hydrogen-bond donors (Lipinski definition) is 3. The zero-order valence-electron chi connectivity index (χ0n) is 15.4. The van der Waals surface area contributed by atoms with E-state index in [4.69, 9.17) is 0 Å². The van der Waals surface area contributed by atoms with E-state index in [0.717, 1.165) is 31.5 Å². The lowest BCUT2D eigenvalue weighted by molar-refractivity contribution is -0.114. The number of likely N-dealkylation sites (tertiary alicyclic amines) is 1. The van der Waals surface area contributed by atoms with Crippen LogP contribution in [0.4, 0.5) is 5.69 Å². The fourth-order valence-corrected chi connectivity index (χ4v) is 3.33. The highest BCUT2D eigenvalue weighted by molar-refractivity contribution is 5.94. The van der Waals surface area contributed by atoms with Gasteiger partial charge in [0.05, 0.1) is 0 Å². The average molecular weight is 367 g/mol. The SMILES string of the molecule is CC(=O)Nc1ccc(O)c(CN2CCC(NC(=O)c3ccccc3)CC2)c1. The van der Waals surface area contributed by atoms with Crippen LogP contribution in [-0.4, -0.2) is 41.0 Å². The second-order valence-electron chi connectivity index (χ2n) is 6.91. The Morgan fingerprint density at radius 1 is 1.11 bits per heavy atom. The molecule has 1 heterocycles. The number of piperidine rings is 1. The van der Waals surface area contributed by atoms with Gasteiger partial charge in [-0.15, -0.1) is 0 Å².